The molecular weight excluding hydrogens is 806 g/mol. The van der Waals surface area contributed by atoms with Crippen molar-refractivity contribution in [2.45, 2.75) is 71.3 Å². The second-order valence-electron chi connectivity index (χ2n) is 17.5. The number of carbonyl (C=O) groups is 2. The van der Waals surface area contributed by atoms with Crippen LogP contribution in [0, 0.1) is 25.6 Å². The third-order valence-electron chi connectivity index (χ3n) is 13.7. The van der Waals surface area contributed by atoms with Crippen LogP contribution in [0.3, 0.4) is 0 Å². The van der Waals surface area contributed by atoms with Crippen molar-refractivity contribution in [1.82, 2.24) is 49.0 Å². The number of fused-ring (bicyclic) bond motifs is 3. The van der Waals surface area contributed by atoms with Crippen LogP contribution in [0.5, 0.6) is 0 Å². The number of aromatic nitrogens is 7. The maximum absolute atomic E-state index is 15.3. The second kappa shape index (κ2) is 14.4. The van der Waals surface area contributed by atoms with E-state index in [9.17, 15) is 9.59 Å². The van der Waals surface area contributed by atoms with Gasteiger partial charge in [0.1, 0.15) is 23.5 Å². The lowest BCUT2D eigenvalue weighted by molar-refractivity contribution is 0.0384. The highest BCUT2D eigenvalue weighted by Gasteiger charge is 2.62. The lowest BCUT2D eigenvalue weighted by atomic mass is 10.1. The van der Waals surface area contributed by atoms with Gasteiger partial charge in [-0.2, -0.15) is 10.2 Å². The largest absolute Gasteiger partial charge is 0.427 e. The van der Waals surface area contributed by atoms with Gasteiger partial charge in [0.25, 0.3) is 5.91 Å². The topological polar surface area (TPSA) is 151 Å². The van der Waals surface area contributed by atoms with Gasteiger partial charge in [0, 0.05) is 73.0 Å². The zero-order valence-corrected chi connectivity index (χ0v) is 35.8. The molecule has 324 valence electrons. The predicted molar refractivity (Wildman–Crippen MR) is 233 cm³/mol. The monoisotopic (exact) mass is 853 g/mol. The van der Waals surface area contributed by atoms with E-state index in [0.29, 0.717) is 65.6 Å². The van der Waals surface area contributed by atoms with E-state index in [-0.39, 0.29) is 36.0 Å². The molecule has 2 saturated heterocycles. The number of carbonyl (C=O) groups excluding carboxylic acids is 2. The molecule has 16 nitrogen and oxygen atoms in total. The Balaban J connectivity index is 1.02. The zero-order valence-electron chi connectivity index (χ0n) is 35.8. The van der Waals surface area contributed by atoms with Crippen molar-refractivity contribution in [1.29, 1.82) is 0 Å². The van der Waals surface area contributed by atoms with Gasteiger partial charge < -0.3 is 23.9 Å². The number of hydrogen-bond acceptors (Lipinski definition) is 9. The Labute approximate surface area is 361 Å². The molecule has 1 unspecified atom stereocenters. The van der Waals surface area contributed by atoms with Crippen LogP contribution in [0.25, 0.3) is 39.0 Å². The minimum Gasteiger partial charge on any atom is -0.375 e. The first-order chi connectivity index (χ1) is 30.4. The number of amides is 2. The molecule has 0 spiro atoms. The smallest absolute Gasteiger partial charge is 0.375 e. The van der Waals surface area contributed by atoms with Crippen LogP contribution < -0.4 is 21.4 Å². The van der Waals surface area contributed by atoms with Crippen molar-refractivity contribution < 1.29 is 23.6 Å². The number of hydrogen-bond donors (Lipinski definition) is 2. The SMILES string of the molecule is CC[C@H]1CN(c2ccc3c(c2)cc(C(=O)N2CCc4nn(-c5cc(C)c(F)c(C)c5)c(-n5ccn(-c6ccc7c(cnn7C)c6)c5=O)c4C2)n3[C@@]2(C3NOC(=O)N3)C[C@@H]2C)CCO1. The summed E-state index contributed by atoms with van der Waals surface area (Å²) in [5.41, 5.74) is 8.87. The minimum atomic E-state index is -0.683. The van der Waals surface area contributed by atoms with Crippen molar-refractivity contribution >= 4 is 39.5 Å². The van der Waals surface area contributed by atoms with E-state index < -0.39 is 17.8 Å². The standard InChI is InChI=1S/C46H48FN11O5/c1-6-34-24-53(15-16-62-34)31-7-10-38-29(19-31)21-39(57(38)46(22-28(46)4)43-49-44(60)63-51-43)42(59)54-12-11-36-35(25-54)41(58(50-36)33-17-26(2)40(47)27(3)18-33)56-14-13-55(45(56)61)32-8-9-37-30(20-32)23-48-52(37)5/h7-10,13-14,17-21,23,28,34,43,51H,6,11-12,15-16,22,24-25H2,1-5H3,(H,49,60)/t28-,34-,43?,46-/m0/s1. The number of aryl methyl sites for hydroxylation is 3. The van der Waals surface area contributed by atoms with Crippen molar-refractivity contribution in [2.24, 2.45) is 13.0 Å². The molecule has 4 aromatic heterocycles. The molecule has 1 saturated carbocycles. The van der Waals surface area contributed by atoms with Gasteiger partial charge in [0.05, 0.1) is 53.6 Å². The molecule has 1 aliphatic carbocycles. The van der Waals surface area contributed by atoms with Crippen LogP contribution in [-0.4, -0.2) is 88.7 Å². The van der Waals surface area contributed by atoms with Crippen LogP contribution in [0.4, 0.5) is 14.9 Å². The van der Waals surface area contributed by atoms with Crippen LogP contribution in [0.15, 0.2) is 78.0 Å². The Kier molecular flexibility index (Phi) is 8.96. The van der Waals surface area contributed by atoms with Gasteiger partial charge >= 0.3 is 11.8 Å². The fourth-order valence-corrected chi connectivity index (χ4v) is 10.2. The lowest BCUT2D eigenvalue weighted by Gasteiger charge is -2.34. The van der Waals surface area contributed by atoms with Crippen molar-refractivity contribution in [3.05, 3.63) is 118 Å². The van der Waals surface area contributed by atoms with Gasteiger partial charge in [-0.1, -0.05) is 13.8 Å². The molecule has 3 fully saturated rings. The highest BCUT2D eigenvalue weighted by Crippen LogP contribution is 2.55. The molecule has 17 heteroatoms. The third kappa shape index (κ3) is 6.11. The fourth-order valence-electron chi connectivity index (χ4n) is 10.2. The van der Waals surface area contributed by atoms with Gasteiger partial charge in [0.2, 0.25) is 0 Å². The molecular formula is C46H48FN11O5. The normalized spacial score (nSPS) is 22.2. The summed E-state index contributed by atoms with van der Waals surface area (Å²) in [5.74, 6) is 0.0740. The van der Waals surface area contributed by atoms with E-state index in [0.717, 1.165) is 52.7 Å². The average Bonchev–Trinajstić information content (AvgIpc) is 3.91. The number of morpholine rings is 1. The number of rotatable bonds is 8. The number of anilines is 1. The number of halogens is 1. The quantitative estimate of drug-likeness (QED) is 0.201. The summed E-state index contributed by atoms with van der Waals surface area (Å²) < 4.78 is 29.8. The van der Waals surface area contributed by atoms with Crippen molar-refractivity contribution in [2.75, 3.05) is 31.1 Å². The van der Waals surface area contributed by atoms with Crippen LogP contribution in [0.2, 0.25) is 0 Å². The molecule has 2 amide bonds. The summed E-state index contributed by atoms with van der Waals surface area (Å²) >= 11 is 0. The maximum atomic E-state index is 15.3. The predicted octanol–water partition coefficient (Wildman–Crippen LogP) is 5.53. The van der Waals surface area contributed by atoms with E-state index in [1.807, 2.05) is 36.2 Å². The van der Waals surface area contributed by atoms with Gasteiger partial charge in [-0.05, 0) is 98.3 Å². The van der Waals surface area contributed by atoms with Gasteiger partial charge in [-0.25, -0.2) is 18.7 Å². The highest BCUT2D eigenvalue weighted by molar-refractivity contribution is 6.00. The third-order valence-corrected chi connectivity index (χ3v) is 13.7. The molecule has 7 heterocycles. The molecule has 4 atom stereocenters. The first kappa shape index (κ1) is 39.1. The first-order valence-electron chi connectivity index (χ1n) is 21.6. The summed E-state index contributed by atoms with van der Waals surface area (Å²) in [6.07, 6.45) is 6.24. The Morgan fingerprint density at radius 3 is 2.44 bits per heavy atom. The van der Waals surface area contributed by atoms with Crippen molar-refractivity contribution in [3.8, 4) is 17.2 Å². The Morgan fingerprint density at radius 2 is 1.70 bits per heavy atom. The number of nitrogens with one attached hydrogen (secondary N) is 2. The number of benzene rings is 3. The van der Waals surface area contributed by atoms with Crippen LogP contribution in [0.1, 0.15) is 59.6 Å². The first-order valence-corrected chi connectivity index (χ1v) is 21.6. The summed E-state index contributed by atoms with van der Waals surface area (Å²) in [6, 6.07) is 17.5. The Morgan fingerprint density at radius 1 is 0.952 bits per heavy atom. The maximum Gasteiger partial charge on any atom is 0.427 e. The van der Waals surface area contributed by atoms with Gasteiger partial charge in [-0.15, -0.1) is 5.48 Å². The molecule has 2 N–H and O–H groups in total. The summed E-state index contributed by atoms with van der Waals surface area (Å²) in [5, 5.41) is 14.2. The molecule has 0 bridgehead atoms. The number of imidazole rings is 1. The Hall–Kier alpha value is -6.72. The number of hydroxylamine groups is 1. The molecule has 3 aromatic carbocycles. The molecule has 3 aliphatic heterocycles. The fraction of sp³-hybridized carbons (Fsp3) is 0.370. The summed E-state index contributed by atoms with van der Waals surface area (Å²) in [4.78, 5) is 51.7. The minimum absolute atomic E-state index is 0.0959. The van der Waals surface area contributed by atoms with E-state index in [2.05, 4.69) is 57.4 Å². The molecule has 7 aromatic rings. The molecule has 4 aliphatic rings. The molecule has 0 radical (unpaired) electrons. The van der Waals surface area contributed by atoms with Crippen molar-refractivity contribution in [3.63, 3.8) is 0 Å². The molecule has 11 rings (SSSR count). The van der Waals surface area contributed by atoms with Gasteiger partial charge in [0.15, 0.2) is 0 Å². The molecule has 63 heavy (non-hydrogen) atoms. The van der Waals surface area contributed by atoms with E-state index in [1.54, 1.807) is 63.1 Å². The summed E-state index contributed by atoms with van der Waals surface area (Å²) in [6.45, 7) is 10.4. The van der Waals surface area contributed by atoms with Crippen LogP contribution >= 0.6 is 0 Å². The second-order valence-corrected chi connectivity index (χ2v) is 17.5. The van der Waals surface area contributed by atoms with E-state index in [4.69, 9.17) is 14.7 Å². The number of ether oxygens (including phenoxy) is 1. The number of nitrogens with zero attached hydrogens (tertiary/aromatic N) is 9. The van der Waals surface area contributed by atoms with Crippen LogP contribution in [-0.2, 0) is 35.1 Å². The highest BCUT2D eigenvalue weighted by atomic mass is 19.1. The lowest BCUT2D eigenvalue weighted by Crippen LogP contribution is -2.49. The zero-order chi connectivity index (χ0) is 43.5. The Bertz CT molecular complexity index is 3060. The summed E-state index contributed by atoms with van der Waals surface area (Å²) in [7, 11) is 1.87. The van der Waals surface area contributed by atoms with E-state index >= 15 is 9.18 Å². The average molecular weight is 854 g/mol. The van der Waals surface area contributed by atoms with Gasteiger partial charge in [-0.3, -0.25) is 23.9 Å². The van der Waals surface area contributed by atoms with E-state index in [1.165, 1.54) is 0 Å².